The lowest BCUT2D eigenvalue weighted by atomic mass is 10.2. The third-order valence-corrected chi connectivity index (χ3v) is 5.03. The predicted octanol–water partition coefficient (Wildman–Crippen LogP) is 0.964. The van der Waals surface area contributed by atoms with Crippen molar-refractivity contribution >= 4 is 19.5 Å². The number of ketones is 1. The molecule has 0 saturated heterocycles. The van der Waals surface area contributed by atoms with Crippen LogP contribution < -0.4 is 10.4 Å². The highest BCUT2D eigenvalue weighted by atomic mass is 28.3. The fourth-order valence-electron chi connectivity index (χ4n) is 1.91. The van der Waals surface area contributed by atoms with Gasteiger partial charge in [0.05, 0.1) is 24.7 Å². The average Bonchev–Trinajstić information content (AvgIpc) is 2.92. The van der Waals surface area contributed by atoms with E-state index >= 15 is 0 Å². The number of ether oxygens (including phenoxy) is 1. The number of aromatic nitrogens is 2. The van der Waals surface area contributed by atoms with Gasteiger partial charge in [0.2, 0.25) is 0 Å². The first-order valence-corrected chi connectivity index (χ1v) is 11.1. The number of carbonyl (C=O) groups is 1. The highest BCUT2D eigenvalue weighted by Crippen LogP contribution is 2.14. The highest BCUT2D eigenvalue weighted by Gasteiger charge is 2.22. The van der Waals surface area contributed by atoms with E-state index in [1.807, 2.05) is 6.20 Å². The van der Waals surface area contributed by atoms with Crippen molar-refractivity contribution in [1.29, 1.82) is 0 Å². The Kier molecular flexibility index (Phi) is 5.51. The fourth-order valence-corrected chi connectivity index (χ4v) is 2.67. The van der Waals surface area contributed by atoms with Gasteiger partial charge in [0.15, 0.2) is 5.78 Å². The summed E-state index contributed by atoms with van der Waals surface area (Å²) in [6.45, 7) is 7.85. The number of anilines is 1. The molecule has 2 rings (SSSR count). The molecule has 0 unspecified atom stereocenters. The molecule has 0 spiro atoms. The molecule has 22 heavy (non-hydrogen) atoms. The Labute approximate surface area is 131 Å². The van der Waals surface area contributed by atoms with Crippen LogP contribution in [0.2, 0.25) is 25.7 Å². The second-order valence-corrected chi connectivity index (χ2v) is 12.2. The Hall–Kier alpha value is -1.48. The molecule has 0 saturated carbocycles. The molecule has 1 atom stereocenters. The predicted molar refractivity (Wildman–Crippen MR) is 87.0 cm³/mol. The van der Waals surface area contributed by atoms with Crippen molar-refractivity contribution in [3.05, 3.63) is 24.7 Å². The molecule has 1 aliphatic rings. The molecule has 2 N–H and O–H groups in total. The Bertz CT molecular complexity index is 538. The van der Waals surface area contributed by atoms with E-state index in [1.54, 1.807) is 22.1 Å². The van der Waals surface area contributed by atoms with Crippen LogP contribution in [-0.2, 0) is 16.3 Å². The van der Waals surface area contributed by atoms with Crippen LogP contribution in [0.15, 0.2) is 24.7 Å². The van der Waals surface area contributed by atoms with E-state index in [9.17, 15) is 4.79 Å². The molecule has 2 heterocycles. The number of aliphatic hydroxyl groups is 1. The van der Waals surface area contributed by atoms with Gasteiger partial charge in [-0.15, -0.1) is 0 Å². The number of aliphatic hydroxyl groups excluding tert-OH is 1. The largest absolute Gasteiger partial charge is 0.394 e. The van der Waals surface area contributed by atoms with Crippen molar-refractivity contribution in [3.8, 4) is 0 Å². The minimum atomic E-state index is -1.07. The van der Waals surface area contributed by atoms with Gasteiger partial charge in [-0.2, -0.15) is 5.10 Å². The number of hydrogen-bond acceptors (Lipinski definition) is 6. The van der Waals surface area contributed by atoms with E-state index in [0.717, 1.165) is 18.3 Å². The van der Waals surface area contributed by atoms with Gasteiger partial charge < -0.3 is 9.84 Å². The SMILES string of the molecule is C[Si](C)(C)CCOCn1cc(N2C=CC(=O)[C@H](CO)N2)cn1. The molecular formula is C14H24N4O3Si. The monoisotopic (exact) mass is 324 g/mol. The number of nitrogens with zero attached hydrogens (tertiary/aromatic N) is 3. The van der Waals surface area contributed by atoms with Crippen LogP contribution in [0.5, 0.6) is 0 Å². The quantitative estimate of drug-likeness (QED) is 0.574. The molecular weight excluding hydrogens is 300 g/mol. The van der Waals surface area contributed by atoms with Crippen molar-refractivity contribution < 1.29 is 14.6 Å². The maximum Gasteiger partial charge on any atom is 0.178 e. The third kappa shape index (κ3) is 4.77. The molecule has 1 aromatic rings. The standard InChI is InChI=1S/C14H24N4O3Si/c1-22(2,3)7-6-21-11-17-9-12(8-15-17)18-5-4-14(20)13(10-19)16-18/h4-5,8-9,13,16,19H,6-7,10-11H2,1-3H3/t13-/m0/s1. The minimum absolute atomic E-state index is 0.138. The zero-order valence-corrected chi connectivity index (χ0v) is 14.3. The van der Waals surface area contributed by atoms with E-state index in [1.165, 1.54) is 6.08 Å². The molecule has 0 aliphatic carbocycles. The summed E-state index contributed by atoms with van der Waals surface area (Å²) in [7, 11) is -1.07. The topological polar surface area (TPSA) is 79.6 Å². The molecule has 1 aromatic heterocycles. The number of hydrogen-bond donors (Lipinski definition) is 2. The van der Waals surface area contributed by atoms with Gasteiger partial charge in [0.25, 0.3) is 0 Å². The van der Waals surface area contributed by atoms with E-state index in [-0.39, 0.29) is 12.4 Å². The molecule has 0 bridgehead atoms. The van der Waals surface area contributed by atoms with Gasteiger partial charge in [-0.25, -0.2) is 10.1 Å². The Morgan fingerprint density at radius 3 is 2.91 bits per heavy atom. The van der Waals surface area contributed by atoms with E-state index in [4.69, 9.17) is 9.84 Å². The van der Waals surface area contributed by atoms with Crippen LogP contribution in [0.1, 0.15) is 0 Å². The van der Waals surface area contributed by atoms with Gasteiger partial charge in [-0.3, -0.25) is 9.80 Å². The van der Waals surface area contributed by atoms with Crippen molar-refractivity contribution in [2.45, 2.75) is 38.5 Å². The zero-order valence-electron chi connectivity index (χ0n) is 13.3. The van der Waals surface area contributed by atoms with Crippen LogP contribution in [-0.4, -0.2) is 48.0 Å². The molecule has 8 heteroatoms. The van der Waals surface area contributed by atoms with Gasteiger partial charge in [0, 0.05) is 27.0 Å². The Balaban J connectivity index is 1.86. The highest BCUT2D eigenvalue weighted by molar-refractivity contribution is 6.76. The summed E-state index contributed by atoms with van der Waals surface area (Å²) in [6.07, 6.45) is 6.58. The lowest BCUT2D eigenvalue weighted by Gasteiger charge is -2.27. The maximum absolute atomic E-state index is 11.5. The van der Waals surface area contributed by atoms with Crippen LogP contribution >= 0.6 is 0 Å². The van der Waals surface area contributed by atoms with E-state index in [2.05, 4.69) is 30.2 Å². The Morgan fingerprint density at radius 1 is 1.45 bits per heavy atom. The third-order valence-electron chi connectivity index (χ3n) is 3.33. The molecule has 0 radical (unpaired) electrons. The summed E-state index contributed by atoms with van der Waals surface area (Å²) in [5.41, 5.74) is 3.72. The summed E-state index contributed by atoms with van der Waals surface area (Å²) in [4.78, 5) is 11.5. The molecule has 0 amide bonds. The fraction of sp³-hybridized carbons (Fsp3) is 0.571. The van der Waals surface area contributed by atoms with Crippen LogP contribution in [0, 0.1) is 0 Å². The number of carbonyl (C=O) groups excluding carboxylic acids is 1. The van der Waals surface area contributed by atoms with Crippen LogP contribution in [0.25, 0.3) is 0 Å². The Morgan fingerprint density at radius 2 is 2.23 bits per heavy atom. The van der Waals surface area contributed by atoms with Crippen molar-refractivity contribution in [2.24, 2.45) is 0 Å². The van der Waals surface area contributed by atoms with E-state index < -0.39 is 14.1 Å². The molecule has 122 valence electrons. The minimum Gasteiger partial charge on any atom is -0.394 e. The summed E-state index contributed by atoms with van der Waals surface area (Å²) in [6, 6.07) is 0.513. The lowest BCUT2D eigenvalue weighted by Crippen LogP contribution is -2.50. The lowest BCUT2D eigenvalue weighted by molar-refractivity contribution is -0.117. The normalized spacial score (nSPS) is 19.0. The summed E-state index contributed by atoms with van der Waals surface area (Å²) >= 11 is 0. The first kappa shape index (κ1) is 16.9. The van der Waals surface area contributed by atoms with Crippen LogP contribution in [0.4, 0.5) is 5.69 Å². The number of nitrogens with one attached hydrogen (secondary N) is 1. The van der Waals surface area contributed by atoms with Gasteiger partial charge in [-0.1, -0.05) is 19.6 Å². The maximum atomic E-state index is 11.5. The van der Waals surface area contributed by atoms with Gasteiger partial charge >= 0.3 is 0 Å². The molecule has 0 aromatic carbocycles. The van der Waals surface area contributed by atoms with Crippen LogP contribution in [0.3, 0.4) is 0 Å². The van der Waals surface area contributed by atoms with Crippen molar-refractivity contribution in [3.63, 3.8) is 0 Å². The second kappa shape index (κ2) is 7.19. The first-order chi connectivity index (χ1) is 10.4. The second-order valence-electron chi connectivity index (χ2n) is 6.54. The first-order valence-electron chi connectivity index (χ1n) is 7.37. The van der Waals surface area contributed by atoms with Crippen molar-refractivity contribution in [2.75, 3.05) is 18.2 Å². The zero-order chi connectivity index (χ0) is 16.2. The van der Waals surface area contributed by atoms with E-state index in [0.29, 0.717) is 6.73 Å². The number of hydrazine groups is 1. The summed E-state index contributed by atoms with van der Waals surface area (Å²) in [5.74, 6) is -0.138. The van der Waals surface area contributed by atoms with Crippen molar-refractivity contribution in [1.82, 2.24) is 15.2 Å². The smallest absolute Gasteiger partial charge is 0.178 e. The average molecular weight is 324 g/mol. The summed E-state index contributed by atoms with van der Waals surface area (Å²) in [5, 5.41) is 15.1. The van der Waals surface area contributed by atoms with Gasteiger partial charge in [-0.05, 0) is 6.04 Å². The number of rotatable bonds is 7. The molecule has 0 fully saturated rings. The van der Waals surface area contributed by atoms with Gasteiger partial charge in [0.1, 0.15) is 12.8 Å². The summed E-state index contributed by atoms with van der Waals surface area (Å²) < 4.78 is 7.35. The molecule has 1 aliphatic heterocycles. The molecule has 7 nitrogen and oxygen atoms in total.